The molecule has 1 N–H and O–H groups in total. The second-order valence-corrected chi connectivity index (χ2v) is 6.63. The van der Waals surface area contributed by atoms with Gasteiger partial charge in [-0.05, 0) is 11.2 Å². The molecule has 0 aliphatic heterocycles. The Kier molecular flexibility index (Phi) is 6.48. The highest BCUT2D eigenvalue weighted by atomic mass is 32.3. The summed E-state index contributed by atoms with van der Waals surface area (Å²) in [5.74, 6) is 0. The maximum Gasteiger partial charge on any atom is 0.349 e. The van der Waals surface area contributed by atoms with E-state index < -0.39 is 10.4 Å². The van der Waals surface area contributed by atoms with Gasteiger partial charge < -0.3 is 4.55 Å². The van der Waals surface area contributed by atoms with E-state index in [4.69, 9.17) is 0 Å². The van der Waals surface area contributed by atoms with Crippen molar-refractivity contribution in [1.82, 2.24) is 9.97 Å². The monoisotopic (exact) mass is 351 g/mol. The fourth-order valence-corrected chi connectivity index (χ4v) is 3.15. The average molecular weight is 351 g/mol. The van der Waals surface area contributed by atoms with Gasteiger partial charge in [-0.1, -0.05) is 35.8 Å². The molecule has 0 aromatic carbocycles. The fraction of sp³-hybridized carbons (Fsp3) is 0.300. The number of H-pyrrole nitrogens is 1. The molecule has 0 atom stereocenters. The minimum Gasteiger partial charge on any atom is -0.726 e. The highest BCUT2D eigenvalue weighted by Gasteiger charge is 2.20. The van der Waals surface area contributed by atoms with Crippen LogP contribution in [0.25, 0.3) is 10.3 Å². The summed E-state index contributed by atoms with van der Waals surface area (Å²) < 4.78 is 34.7. The van der Waals surface area contributed by atoms with Crippen molar-refractivity contribution in [2.75, 3.05) is 13.4 Å². The molecule has 116 valence electrons. The van der Waals surface area contributed by atoms with Gasteiger partial charge >= 0.3 is 5.65 Å². The third-order valence-corrected chi connectivity index (χ3v) is 4.84. The predicted molar refractivity (Wildman–Crippen MR) is 79.1 cm³/mol. The van der Waals surface area contributed by atoms with Crippen LogP contribution in [0.1, 0.15) is 0 Å². The third-order valence-electron chi connectivity index (χ3n) is 2.15. The van der Waals surface area contributed by atoms with Crippen LogP contribution in [0, 0.1) is 0 Å². The molecule has 11 heteroatoms. The van der Waals surface area contributed by atoms with Gasteiger partial charge in [-0.25, -0.2) is 13.0 Å². The molecule has 0 bridgehead atoms. The smallest absolute Gasteiger partial charge is 0.349 e. The number of hydrogen-bond donors (Lipinski definition) is 1. The normalized spacial score (nSPS) is 11.0. The van der Waals surface area contributed by atoms with Crippen molar-refractivity contribution in [3.63, 3.8) is 0 Å². The Morgan fingerprint density at radius 1 is 1.67 bits per heavy atom. The van der Waals surface area contributed by atoms with Crippen LogP contribution in [0.3, 0.4) is 0 Å². The van der Waals surface area contributed by atoms with Crippen molar-refractivity contribution in [3.05, 3.63) is 29.3 Å². The van der Waals surface area contributed by atoms with Gasteiger partial charge in [0.2, 0.25) is 21.1 Å². The number of nitrogens with zero attached hydrogens (tertiary/aromatic N) is 2. The van der Waals surface area contributed by atoms with Crippen molar-refractivity contribution < 1.29 is 21.7 Å². The van der Waals surface area contributed by atoms with Crippen LogP contribution in [0.5, 0.6) is 0 Å². The van der Waals surface area contributed by atoms with Gasteiger partial charge in [0.25, 0.3) is 5.56 Å². The van der Waals surface area contributed by atoms with E-state index in [0.29, 0.717) is 11.2 Å². The number of thiazole rings is 1. The molecular formula is C10H13N3O5S3. The third kappa shape index (κ3) is 4.89. The summed E-state index contributed by atoms with van der Waals surface area (Å²) in [6, 6.07) is 0. The molecule has 0 fully saturated rings. The lowest BCUT2D eigenvalue weighted by molar-refractivity contribution is -0.693. The average Bonchev–Trinajstić information content (AvgIpc) is 2.79. The molecular weight excluding hydrogens is 338 g/mol. The topological polar surface area (TPSA) is 116 Å². The summed E-state index contributed by atoms with van der Waals surface area (Å²) >= 11 is 3.07. The number of hydrogen-bond acceptors (Lipinski definition) is 8. The standard InChI is InChI=1S/C9H9N3OS2.CH4O4S/c1-3-4-12-7-6(15-9(12)14-2)8(13)11-5-10-7;1-5-6(2,3)4/h3,5H,1,4H2,2H3;1H3,(H,2,3,4). The Morgan fingerprint density at radius 3 is 2.76 bits per heavy atom. The van der Waals surface area contributed by atoms with Gasteiger partial charge in [0, 0.05) is 0 Å². The molecule has 8 nitrogen and oxygen atoms in total. The number of thioether (sulfide) groups is 1. The number of aromatic amines is 1. The SMILES string of the molecule is C=CC[n+]1c(SC)sc2c(=O)[nH]cnc21.COS(=O)(=O)[O-]. The lowest BCUT2D eigenvalue weighted by Gasteiger charge is -1.98. The van der Waals surface area contributed by atoms with Crippen LogP contribution in [-0.2, 0) is 21.1 Å². The first-order valence-corrected chi connectivity index (χ1v) is 8.77. The van der Waals surface area contributed by atoms with E-state index in [1.54, 1.807) is 17.8 Å². The van der Waals surface area contributed by atoms with Gasteiger partial charge in [-0.2, -0.15) is 0 Å². The molecule has 0 aliphatic carbocycles. The van der Waals surface area contributed by atoms with E-state index in [9.17, 15) is 17.8 Å². The second-order valence-electron chi connectivity index (χ2n) is 3.43. The Hall–Kier alpha value is -1.27. The molecule has 0 spiro atoms. The lowest BCUT2D eigenvalue weighted by Crippen LogP contribution is -2.34. The lowest BCUT2D eigenvalue weighted by atomic mass is 10.5. The first-order valence-electron chi connectivity index (χ1n) is 5.40. The molecule has 2 rings (SSSR count). The van der Waals surface area contributed by atoms with Crippen LogP contribution in [0.4, 0.5) is 0 Å². The molecule has 2 heterocycles. The van der Waals surface area contributed by atoms with Gasteiger partial charge in [-0.3, -0.25) is 14.0 Å². The zero-order valence-electron chi connectivity index (χ0n) is 11.2. The van der Waals surface area contributed by atoms with Crippen molar-refractivity contribution in [2.45, 2.75) is 10.9 Å². The van der Waals surface area contributed by atoms with Crippen molar-refractivity contribution in [2.24, 2.45) is 0 Å². The molecule has 0 saturated carbocycles. The number of aromatic nitrogens is 3. The molecule has 0 radical (unpaired) electrons. The van der Waals surface area contributed by atoms with Crippen LogP contribution in [-0.4, -0.2) is 36.3 Å². The predicted octanol–water partition coefficient (Wildman–Crippen LogP) is 0.273. The largest absolute Gasteiger partial charge is 0.726 e. The van der Waals surface area contributed by atoms with Gasteiger partial charge in [0.1, 0.15) is 6.54 Å². The van der Waals surface area contributed by atoms with Gasteiger partial charge in [0.15, 0.2) is 4.70 Å². The Labute approximate surface area is 129 Å². The summed E-state index contributed by atoms with van der Waals surface area (Å²) in [6.07, 6.45) is 5.22. The van der Waals surface area contributed by atoms with E-state index in [1.165, 1.54) is 17.7 Å². The first-order chi connectivity index (χ1) is 9.84. The van der Waals surface area contributed by atoms with E-state index >= 15 is 0 Å². The van der Waals surface area contributed by atoms with E-state index in [2.05, 4.69) is 20.7 Å². The number of nitrogens with one attached hydrogen (secondary N) is 1. The minimum atomic E-state index is -4.41. The molecule has 21 heavy (non-hydrogen) atoms. The minimum absolute atomic E-state index is 0.0805. The maximum atomic E-state index is 11.5. The zero-order valence-corrected chi connectivity index (χ0v) is 13.7. The van der Waals surface area contributed by atoms with Crippen LogP contribution in [0.2, 0.25) is 0 Å². The Morgan fingerprint density at radius 2 is 2.29 bits per heavy atom. The fourth-order valence-electron chi connectivity index (χ4n) is 1.33. The molecule has 2 aromatic rings. The maximum absolute atomic E-state index is 11.5. The summed E-state index contributed by atoms with van der Waals surface area (Å²) in [5.41, 5.74) is 0.649. The summed E-state index contributed by atoms with van der Waals surface area (Å²) in [4.78, 5) is 18.3. The van der Waals surface area contributed by atoms with Crippen molar-refractivity contribution >= 4 is 43.8 Å². The van der Waals surface area contributed by atoms with Crippen molar-refractivity contribution in [1.29, 1.82) is 0 Å². The van der Waals surface area contributed by atoms with E-state index in [0.717, 1.165) is 17.1 Å². The Bertz CT molecular complexity index is 781. The van der Waals surface area contributed by atoms with E-state index in [-0.39, 0.29) is 5.56 Å². The second kappa shape index (κ2) is 7.66. The van der Waals surface area contributed by atoms with Gasteiger partial charge in [-0.15, -0.1) is 0 Å². The first kappa shape index (κ1) is 17.8. The summed E-state index contributed by atoms with van der Waals surface area (Å²) in [7, 11) is -3.60. The number of rotatable bonds is 4. The van der Waals surface area contributed by atoms with Crippen LogP contribution < -0.4 is 10.1 Å². The summed E-state index contributed by atoms with van der Waals surface area (Å²) in [5, 5.41) is 0. The Balaban J connectivity index is 0.000000315. The van der Waals surface area contributed by atoms with Crippen LogP contribution >= 0.6 is 23.1 Å². The number of fused-ring (bicyclic) bond motifs is 1. The highest BCUT2D eigenvalue weighted by molar-refractivity contribution is 8.00. The van der Waals surface area contributed by atoms with Gasteiger partial charge in [0.05, 0.1) is 7.11 Å². The van der Waals surface area contributed by atoms with Crippen LogP contribution in [0.15, 0.2) is 28.1 Å². The summed E-state index contributed by atoms with van der Waals surface area (Å²) in [6.45, 7) is 4.37. The highest BCUT2D eigenvalue weighted by Crippen LogP contribution is 2.22. The molecule has 0 saturated heterocycles. The molecule has 2 aromatic heterocycles. The number of allylic oxidation sites excluding steroid dienone is 1. The quantitative estimate of drug-likeness (QED) is 0.276. The molecule has 0 aliphatic rings. The molecule has 0 unspecified atom stereocenters. The van der Waals surface area contributed by atoms with Crippen molar-refractivity contribution in [3.8, 4) is 0 Å². The zero-order chi connectivity index (χ0) is 16.0. The van der Waals surface area contributed by atoms with E-state index in [1.807, 2.05) is 10.8 Å². The molecule has 0 amide bonds.